The molecular formula is C10H9ClN2O. The third-order valence-corrected chi connectivity index (χ3v) is 2.36. The lowest BCUT2D eigenvalue weighted by atomic mass is 10.1. The number of aromatic nitrogens is 1. The summed E-state index contributed by atoms with van der Waals surface area (Å²) in [6, 6.07) is 5.35. The molecule has 4 heteroatoms. The Morgan fingerprint density at radius 1 is 1.50 bits per heavy atom. The summed E-state index contributed by atoms with van der Waals surface area (Å²) in [6.07, 6.45) is 1.68. The molecule has 0 aliphatic heterocycles. The van der Waals surface area contributed by atoms with E-state index in [0.717, 1.165) is 5.39 Å². The number of nitrogens with two attached hydrogens (primary N) is 1. The van der Waals surface area contributed by atoms with Crippen LogP contribution in [0.15, 0.2) is 24.4 Å². The van der Waals surface area contributed by atoms with Gasteiger partial charge in [0.1, 0.15) is 5.75 Å². The summed E-state index contributed by atoms with van der Waals surface area (Å²) in [5.74, 6) is 0.579. The van der Waals surface area contributed by atoms with Crippen molar-refractivity contribution in [3.05, 3.63) is 29.4 Å². The number of ether oxygens (including phenoxy) is 1. The van der Waals surface area contributed by atoms with E-state index in [1.54, 1.807) is 19.4 Å². The number of pyridine rings is 1. The summed E-state index contributed by atoms with van der Waals surface area (Å²) in [5.41, 5.74) is 7.15. The van der Waals surface area contributed by atoms with Crippen molar-refractivity contribution in [2.75, 3.05) is 12.8 Å². The number of fused-ring (bicyclic) bond motifs is 1. The topological polar surface area (TPSA) is 48.1 Å². The molecule has 0 saturated carbocycles. The summed E-state index contributed by atoms with van der Waals surface area (Å²) in [7, 11) is 1.56. The second kappa shape index (κ2) is 3.35. The number of nitrogen functional groups attached to an aromatic ring is 1. The van der Waals surface area contributed by atoms with Crippen molar-refractivity contribution in [1.82, 2.24) is 4.98 Å². The van der Waals surface area contributed by atoms with Gasteiger partial charge < -0.3 is 10.5 Å². The van der Waals surface area contributed by atoms with Gasteiger partial charge in [0.05, 0.1) is 23.3 Å². The third-order valence-electron chi connectivity index (χ3n) is 2.07. The van der Waals surface area contributed by atoms with Crippen LogP contribution >= 0.6 is 11.6 Å². The average Bonchev–Trinajstić information content (AvgIpc) is 2.23. The molecule has 72 valence electrons. The van der Waals surface area contributed by atoms with Crippen LogP contribution in [0.4, 0.5) is 5.69 Å². The van der Waals surface area contributed by atoms with E-state index in [0.29, 0.717) is 22.0 Å². The number of anilines is 1. The standard InChI is InChI=1S/C10H9ClN2O/c1-14-8-5-7(11)10-6(9(8)12)3-2-4-13-10/h2-5H,12H2,1H3. The molecule has 0 fully saturated rings. The predicted molar refractivity (Wildman–Crippen MR) is 57.7 cm³/mol. The van der Waals surface area contributed by atoms with Gasteiger partial charge in [0.15, 0.2) is 0 Å². The van der Waals surface area contributed by atoms with Crippen LogP contribution in [-0.2, 0) is 0 Å². The van der Waals surface area contributed by atoms with E-state index in [-0.39, 0.29) is 0 Å². The van der Waals surface area contributed by atoms with Gasteiger partial charge in [0, 0.05) is 17.6 Å². The molecule has 0 amide bonds. The van der Waals surface area contributed by atoms with Gasteiger partial charge in [-0.25, -0.2) is 0 Å². The molecular weight excluding hydrogens is 200 g/mol. The number of nitrogens with zero attached hydrogens (tertiary/aromatic N) is 1. The zero-order chi connectivity index (χ0) is 10.1. The van der Waals surface area contributed by atoms with Gasteiger partial charge in [0.2, 0.25) is 0 Å². The molecule has 1 aromatic heterocycles. The Bertz CT molecular complexity index is 485. The monoisotopic (exact) mass is 208 g/mol. The quantitative estimate of drug-likeness (QED) is 0.733. The van der Waals surface area contributed by atoms with Crippen LogP contribution in [0.5, 0.6) is 5.75 Å². The molecule has 1 aromatic carbocycles. The van der Waals surface area contributed by atoms with Gasteiger partial charge >= 0.3 is 0 Å². The SMILES string of the molecule is COc1cc(Cl)c2ncccc2c1N. The molecule has 2 rings (SSSR count). The molecule has 2 N–H and O–H groups in total. The number of rotatable bonds is 1. The molecule has 0 spiro atoms. The summed E-state index contributed by atoms with van der Waals surface area (Å²) in [6.45, 7) is 0. The lowest BCUT2D eigenvalue weighted by Gasteiger charge is -2.08. The van der Waals surface area contributed by atoms with Gasteiger partial charge in [-0.15, -0.1) is 0 Å². The molecule has 0 unspecified atom stereocenters. The molecule has 14 heavy (non-hydrogen) atoms. The fourth-order valence-corrected chi connectivity index (χ4v) is 1.63. The second-order valence-electron chi connectivity index (χ2n) is 2.87. The summed E-state index contributed by atoms with van der Waals surface area (Å²) in [5, 5.41) is 1.36. The maximum atomic E-state index is 6.01. The highest BCUT2D eigenvalue weighted by molar-refractivity contribution is 6.35. The fraction of sp³-hybridized carbons (Fsp3) is 0.100. The minimum atomic E-state index is 0.548. The number of methoxy groups -OCH3 is 1. The van der Waals surface area contributed by atoms with Crippen LogP contribution in [0.3, 0.4) is 0 Å². The molecule has 1 heterocycles. The van der Waals surface area contributed by atoms with Gasteiger partial charge in [-0.05, 0) is 12.1 Å². The number of hydrogen-bond donors (Lipinski definition) is 1. The maximum absolute atomic E-state index is 6.01. The predicted octanol–water partition coefficient (Wildman–Crippen LogP) is 2.48. The van der Waals surface area contributed by atoms with Crippen LogP contribution in [0.25, 0.3) is 10.9 Å². The normalized spacial score (nSPS) is 10.4. The van der Waals surface area contributed by atoms with Crippen LogP contribution in [0, 0.1) is 0 Å². The van der Waals surface area contributed by atoms with E-state index in [2.05, 4.69) is 4.98 Å². The molecule has 0 atom stereocenters. The Morgan fingerprint density at radius 3 is 3.00 bits per heavy atom. The second-order valence-corrected chi connectivity index (χ2v) is 3.28. The van der Waals surface area contributed by atoms with E-state index >= 15 is 0 Å². The summed E-state index contributed by atoms with van der Waals surface area (Å²) >= 11 is 6.01. The van der Waals surface area contributed by atoms with Gasteiger partial charge in [-0.2, -0.15) is 0 Å². The zero-order valence-electron chi connectivity index (χ0n) is 7.62. The fourth-order valence-electron chi connectivity index (χ4n) is 1.38. The largest absolute Gasteiger partial charge is 0.495 e. The maximum Gasteiger partial charge on any atom is 0.144 e. The van der Waals surface area contributed by atoms with Crippen molar-refractivity contribution < 1.29 is 4.74 Å². The highest BCUT2D eigenvalue weighted by atomic mass is 35.5. The van der Waals surface area contributed by atoms with E-state index < -0.39 is 0 Å². The average molecular weight is 209 g/mol. The smallest absolute Gasteiger partial charge is 0.144 e. The summed E-state index contributed by atoms with van der Waals surface area (Å²) in [4.78, 5) is 4.15. The minimum Gasteiger partial charge on any atom is -0.495 e. The van der Waals surface area contributed by atoms with Crippen LogP contribution in [-0.4, -0.2) is 12.1 Å². The van der Waals surface area contributed by atoms with Gasteiger partial charge in [0.25, 0.3) is 0 Å². The van der Waals surface area contributed by atoms with E-state index in [4.69, 9.17) is 22.1 Å². The molecule has 0 aliphatic rings. The van der Waals surface area contributed by atoms with E-state index in [1.165, 1.54) is 0 Å². The lowest BCUT2D eigenvalue weighted by Crippen LogP contribution is -1.94. The molecule has 0 bridgehead atoms. The third kappa shape index (κ3) is 1.26. The van der Waals surface area contributed by atoms with Gasteiger partial charge in [-0.1, -0.05) is 11.6 Å². The van der Waals surface area contributed by atoms with Crippen molar-refractivity contribution in [2.45, 2.75) is 0 Å². The van der Waals surface area contributed by atoms with E-state index in [9.17, 15) is 0 Å². The highest BCUT2D eigenvalue weighted by Crippen LogP contribution is 2.34. The molecule has 0 aliphatic carbocycles. The lowest BCUT2D eigenvalue weighted by molar-refractivity contribution is 0.417. The van der Waals surface area contributed by atoms with Gasteiger partial charge in [-0.3, -0.25) is 4.98 Å². The molecule has 0 saturated heterocycles. The Hall–Kier alpha value is -1.48. The first kappa shape index (κ1) is 9.09. The first-order chi connectivity index (χ1) is 6.74. The molecule has 3 nitrogen and oxygen atoms in total. The summed E-state index contributed by atoms with van der Waals surface area (Å²) < 4.78 is 5.10. The molecule has 2 aromatic rings. The number of hydrogen-bond acceptors (Lipinski definition) is 3. The van der Waals surface area contributed by atoms with Crippen LogP contribution in [0.2, 0.25) is 5.02 Å². The van der Waals surface area contributed by atoms with E-state index in [1.807, 2.05) is 12.1 Å². The first-order valence-electron chi connectivity index (χ1n) is 4.10. The minimum absolute atomic E-state index is 0.548. The number of halogens is 1. The van der Waals surface area contributed by atoms with Crippen LogP contribution in [0.1, 0.15) is 0 Å². The Morgan fingerprint density at radius 2 is 2.29 bits per heavy atom. The Labute approximate surface area is 86.5 Å². The van der Waals surface area contributed by atoms with Crippen molar-refractivity contribution in [1.29, 1.82) is 0 Å². The Kier molecular flexibility index (Phi) is 2.17. The Balaban J connectivity index is 2.87. The highest BCUT2D eigenvalue weighted by Gasteiger charge is 2.08. The van der Waals surface area contributed by atoms with Crippen molar-refractivity contribution in [2.24, 2.45) is 0 Å². The number of benzene rings is 1. The zero-order valence-corrected chi connectivity index (χ0v) is 8.38. The van der Waals surface area contributed by atoms with Crippen molar-refractivity contribution >= 4 is 28.2 Å². The molecule has 0 radical (unpaired) electrons. The first-order valence-corrected chi connectivity index (χ1v) is 4.48. The van der Waals surface area contributed by atoms with Crippen LogP contribution < -0.4 is 10.5 Å². The van der Waals surface area contributed by atoms with Crippen molar-refractivity contribution in [3.63, 3.8) is 0 Å². The van der Waals surface area contributed by atoms with Crippen molar-refractivity contribution in [3.8, 4) is 5.75 Å².